The molecule has 0 amide bonds. The molecule has 0 spiro atoms. The molecule has 1 fully saturated rings. The normalized spacial score (nSPS) is 18.6. The minimum absolute atomic E-state index is 0.0499. The zero-order valence-corrected chi connectivity index (χ0v) is 12.6. The number of thioether (sulfide) groups is 1. The van der Waals surface area contributed by atoms with Crippen LogP contribution in [-0.4, -0.2) is 30.9 Å². The number of anilines is 1. The van der Waals surface area contributed by atoms with Gasteiger partial charge in [-0.2, -0.15) is 11.8 Å². The predicted octanol–water partition coefficient (Wildman–Crippen LogP) is 1.62. The van der Waals surface area contributed by atoms with Crippen molar-refractivity contribution >= 4 is 27.6 Å². The van der Waals surface area contributed by atoms with E-state index in [1.54, 1.807) is 11.8 Å². The summed E-state index contributed by atoms with van der Waals surface area (Å²) in [6.07, 6.45) is 7.81. The summed E-state index contributed by atoms with van der Waals surface area (Å²) in [5.41, 5.74) is 5.46. The molecule has 0 atom stereocenters. The molecule has 0 saturated heterocycles. The molecular formula is C12H19N3O2S2. The van der Waals surface area contributed by atoms with Crippen LogP contribution in [-0.2, 0) is 10.0 Å². The highest BCUT2D eigenvalue weighted by Crippen LogP contribution is 2.39. The fourth-order valence-electron chi connectivity index (χ4n) is 2.33. The predicted molar refractivity (Wildman–Crippen MR) is 78.6 cm³/mol. The van der Waals surface area contributed by atoms with Crippen molar-refractivity contribution in [1.82, 2.24) is 9.71 Å². The van der Waals surface area contributed by atoms with Gasteiger partial charge in [0.05, 0.1) is 0 Å². The first-order valence-corrected chi connectivity index (χ1v) is 8.95. The smallest absolute Gasteiger partial charge is 0.242 e. The highest BCUT2D eigenvalue weighted by atomic mass is 32.2. The van der Waals surface area contributed by atoms with E-state index in [0.29, 0.717) is 12.4 Å². The molecule has 106 valence electrons. The van der Waals surface area contributed by atoms with Crippen molar-refractivity contribution in [2.24, 2.45) is 0 Å². The van der Waals surface area contributed by atoms with E-state index in [1.165, 1.54) is 31.2 Å². The molecule has 1 aliphatic carbocycles. The van der Waals surface area contributed by atoms with Gasteiger partial charge >= 0.3 is 0 Å². The maximum Gasteiger partial charge on any atom is 0.242 e. The number of pyridine rings is 1. The number of aromatic nitrogens is 1. The first-order valence-electron chi connectivity index (χ1n) is 6.24. The number of hydrogen-bond acceptors (Lipinski definition) is 5. The number of nitrogens with one attached hydrogen (secondary N) is 1. The number of nitrogens with two attached hydrogens (primary N) is 1. The fourth-order valence-corrected chi connectivity index (χ4v) is 4.41. The number of nitrogen functional groups attached to an aromatic ring is 1. The van der Waals surface area contributed by atoms with E-state index in [-0.39, 0.29) is 9.64 Å². The summed E-state index contributed by atoms with van der Waals surface area (Å²) in [5, 5.41) is 0. The lowest BCUT2D eigenvalue weighted by Crippen LogP contribution is -2.38. The zero-order valence-electron chi connectivity index (χ0n) is 10.9. The van der Waals surface area contributed by atoms with E-state index in [9.17, 15) is 8.42 Å². The van der Waals surface area contributed by atoms with Crippen molar-refractivity contribution in [2.75, 3.05) is 18.5 Å². The molecular weight excluding hydrogens is 282 g/mol. The molecule has 1 saturated carbocycles. The van der Waals surface area contributed by atoms with Crippen molar-refractivity contribution in [1.29, 1.82) is 0 Å². The quantitative estimate of drug-likeness (QED) is 0.863. The van der Waals surface area contributed by atoms with Crippen LogP contribution in [0.2, 0.25) is 0 Å². The van der Waals surface area contributed by atoms with Crippen LogP contribution in [0.1, 0.15) is 25.7 Å². The fraction of sp³-hybridized carbons (Fsp3) is 0.583. The third-order valence-corrected chi connectivity index (χ3v) is 6.41. The minimum atomic E-state index is -3.49. The van der Waals surface area contributed by atoms with Gasteiger partial charge in [0.25, 0.3) is 0 Å². The first kappa shape index (κ1) is 14.6. The zero-order chi connectivity index (χ0) is 13.9. The Balaban J connectivity index is 2.07. The van der Waals surface area contributed by atoms with Crippen molar-refractivity contribution in [2.45, 2.75) is 35.3 Å². The molecule has 2 rings (SSSR count). The SMILES string of the molecule is CSC1(CNS(=O)(=O)c2ccc(N)nc2)CCCC1. The molecule has 3 N–H and O–H groups in total. The highest BCUT2D eigenvalue weighted by Gasteiger charge is 2.34. The highest BCUT2D eigenvalue weighted by molar-refractivity contribution is 8.00. The van der Waals surface area contributed by atoms with Gasteiger partial charge in [-0.25, -0.2) is 18.1 Å². The third kappa shape index (κ3) is 3.40. The van der Waals surface area contributed by atoms with Crippen LogP contribution < -0.4 is 10.5 Å². The number of nitrogens with zero attached hydrogens (tertiary/aromatic N) is 1. The van der Waals surface area contributed by atoms with Crippen molar-refractivity contribution < 1.29 is 8.42 Å². The largest absolute Gasteiger partial charge is 0.384 e. The van der Waals surface area contributed by atoms with E-state index in [2.05, 4.69) is 9.71 Å². The monoisotopic (exact) mass is 301 g/mol. The van der Waals surface area contributed by atoms with E-state index >= 15 is 0 Å². The molecule has 1 heterocycles. The number of hydrogen-bond donors (Lipinski definition) is 2. The summed E-state index contributed by atoms with van der Waals surface area (Å²) in [5.74, 6) is 0.315. The third-order valence-electron chi connectivity index (χ3n) is 3.60. The van der Waals surface area contributed by atoms with Crippen LogP contribution in [0.4, 0.5) is 5.82 Å². The van der Waals surface area contributed by atoms with Gasteiger partial charge in [-0.15, -0.1) is 0 Å². The Hall–Kier alpha value is -0.790. The number of rotatable bonds is 5. The maximum absolute atomic E-state index is 12.2. The molecule has 1 aromatic heterocycles. The van der Waals surface area contributed by atoms with Crippen LogP contribution in [0, 0.1) is 0 Å². The Morgan fingerprint density at radius 2 is 2.11 bits per heavy atom. The Labute approximate surface area is 118 Å². The van der Waals surface area contributed by atoms with Gasteiger partial charge in [-0.1, -0.05) is 12.8 Å². The Kier molecular flexibility index (Phi) is 4.37. The number of sulfonamides is 1. The van der Waals surface area contributed by atoms with E-state index in [1.807, 2.05) is 6.26 Å². The molecule has 19 heavy (non-hydrogen) atoms. The average molecular weight is 301 g/mol. The van der Waals surface area contributed by atoms with E-state index < -0.39 is 10.0 Å². The second-order valence-corrected chi connectivity index (χ2v) is 7.88. The van der Waals surface area contributed by atoms with Crippen molar-refractivity contribution in [3.63, 3.8) is 0 Å². The Bertz CT molecular complexity index is 522. The molecule has 5 nitrogen and oxygen atoms in total. The van der Waals surface area contributed by atoms with Gasteiger partial charge in [-0.3, -0.25) is 0 Å². The molecule has 0 bridgehead atoms. The van der Waals surface area contributed by atoms with Crippen molar-refractivity contribution in [3.8, 4) is 0 Å². The lowest BCUT2D eigenvalue weighted by molar-refractivity contribution is 0.551. The molecule has 0 unspecified atom stereocenters. The minimum Gasteiger partial charge on any atom is -0.384 e. The molecule has 1 aliphatic rings. The van der Waals surface area contributed by atoms with Gasteiger partial charge in [0.15, 0.2) is 0 Å². The molecule has 0 aromatic carbocycles. The van der Waals surface area contributed by atoms with Gasteiger partial charge in [0, 0.05) is 17.5 Å². The molecule has 1 aromatic rings. The van der Waals surface area contributed by atoms with E-state index in [0.717, 1.165) is 12.8 Å². The van der Waals surface area contributed by atoms with Crippen molar-refractivity contribution in [3.05, 3.63) is 18.3 Å². The summed E-state index contributed by atoms with van der Waals surface area (Å²) in [7, 11) is -3.49. The first-order chi connectivity index (χ1) is 8.97. The maximum atomic E-state index is 12.2. The standard InChI is InChI=1S/C12H19N3O2S2/c1-18-12(6-2-3-7-12)9-15-19(16,17)10-4-5-11(13)14-8-10/h4-5,8,15H,2-3,6-7,9H2,1H3,(H2,13,14). The van der Waals surface area contributed by atoms with Gasteiger partial charge in [0.1, 0.15) is 10.7 Å². The Morgan fingerprint density at radius 1 is 1.42 bits per heavy atom. The van der Waals surface area contributed by atoms with Crippen LogP contribution in [0.3, 0.4) is 0 Å². The van der Waals surface area contributed by atoms with Crippen LogP contribution >= 0.6 is 11.8 Å². The average Bonchev–Trinajstić information content (AvgIpc) is 2.87. The van der Waals surface area contributed by atoms with Gasteiger partial charge in [0.2, 0.25) is 10.0 Å². The topological polar surface area (TPSA) is 85.1 Å². The second-order valence-electron chi connectivity index (χ2n) is 4.84. The van der Waals surface area contributed by atoms with E-state index in [4.69, 9.17) is 5.73 Å². The lowest BCUT2D eigenvalue weighted by atomic mass is 10.1. The van der Waals surface area contributed by atoms with Crippen LogP contribution in [0.5, 0.6) is 0 Å². The molecule has 0 aliphatic heterocycles. The summed E-state index contributed by atoms with van der Waals surface area (Å²) in [6.45, 7) is 0.473. The molecule has 7 heteroatoms. The van der Waals surface area contributed by atoms with Gasteiger partial charge in [-0.05, 0) is 31.2 Å². The van der Waals surface area contributed by atoms with Crippen LogP contribution in [0.25, 0.3) is 0 Å². The second kappa shape index (κ2) is 5.68. The summed E-state index contributed by atoms with van der Waals surface area (Å²) >= 11 is 1.76. The summed E-state index contributed by atoms with van der Waals surface area (Å²) in [4.78, 5) is 3.98. The summed E-state index contributed by atoms with van der Waals surface area (Å²) in [6, 6.07) is 2.97. The molecule has 0 radical (unpaired) electrons. The Morgan fingerprint density at radius 3 is 2.63 bits per heavy atom. The van der Waals surface area contributed by atoms with Crippen LogP contribution in [0.15, 0.2) is 23.2 Å². The van der Waals surface area contributed by atoms with Gasteiger partial charge < -0.3 is 5.73 Å². The lowest BCUT2D eigenvalue weighted by Gasteiger charge is -2.26. The summed E-state index contributed by atoms with van der Waals surface area (Å²) < 4.78 is 27.1.